The van der Waals surface area contributed by atoms with E-state index in [9.17, 15) is 9.59 Å². The molecular formula is C12H18N4O5. The van der Waals surface area contributed by atoms with E-state index in [0.717, 1.165) is 0 Å². The fourth-order valence-corrected chi connectivity index (χ4v) is 1.92. The number of nitrogens with one attached hydrogen (secondary N) is 1. The van der Waals surface area contributed by atoms with E-state index in [1.165, 1.54) is 11.1 Å². The second-order valence-corrected chi connectivity index (χ2v) is 4.56. The number of aliphatic carboxylic acids is 1. The third-order valence-corrected chi connectivity index (χ3v) is 3.04. The first-order chi connectivity index (χ1) is 10.1. The van der Waals surface area contributed by atoms with E-state index in [4.69, 9.17) is 14.6 Å². The van der Waals surface area contributed by atoms with Crippen molar-refractivity contribution < 1.29 is 24.2 Å². The van der Waals surface area contributed by atoms with Gasteiger partial charge >= 0.3 is 12.0 Å². The van der Waals surface area contributed by atoms with Gasteiger partial charge in [0.15, 0.2) is 6.10 Å². The fraction of sp³-hybridized carbons (Fsp3) is 0.583. The van der Waals surface area contributed by atoms with Gasteiger partial charge in [-0.15, -0.1) is 0 Å². The number of nitrogens with zero attached hydrogens (tertiary/aromatic N) is 3. The largest absolute Gasteiger partial charge is 0.479 e. The van der Waals surface area contributed by atoms with Crippen molar-refractivity contribution in [2.24, 2.45) is 0 Å². The van der Waals surface area contributed by atoms with Gasteiger partial charge in [0.05, 0.1) is 38.2 Å². The Hall–Kier alpha value is -2.13. The molecule has 9 heteroatoms. The number of carboxylic acid groups (broad SMARTS) is 1. The Kier molecular flexibility index (Phi) is 5.12. The van der Waals surface area contributed by atoms with Crippen molar-refractivity contribution in [1.29, 1.82) is 0 Å². The number of morpholine rings is 1. The van der Waals surface area contributed by atoms with Crippen LogP contribution < -0.4 is 5.32 Å². The van der Waals surface area contributed by atoms with Crippen LogP contribution in [0.4, 0.5) is 10.5 Å². The average molecular weight is 298 g/mol. The minimum Gasteiger partial charge on any atom is -0.479 e. The summed E-state index contributed by atoms with van der Waals surface area (Å²) in [7, 11) is 1.60. The Morgan fingerprint density at radius 2 is 2.43 bits per heavy atom. The van der Waals surface area contributed by atoms with Gasteiger partial charge in [-0.3, -0.25) is 4.68 Å². The lowest BCUT2D eigenvalue weighted by molar-refractivity contribution is -0.154. The van der Waals surface area contributed by atoms with Crippen LogP contribution in [0.15, 0.2) is 12.4 Å². The molecule has 0 aliphatic carbocycles. The molecule has 1 unspecified atom stereocenters. The summed E-state index contributed by atoms with van der Waals surface area (Å²) < 4.78 is 11.7. The van der Waals surface area contributed by atoms with E-state index in [0.29, 0.717) is 25.4 Å². The predicted octanol–water partition coefficient (Wildman–Crippen LogP) is -0.153. The predicted molar refractivity (Wildman–Crippen MR) is 72.1 cm³/mol. The van der Waals surface area contributed by atoms with Crippen LogP contribution in [0.25, 0.3) is 0 Å². The van der Waals surface area contributed by atoms with Crippen molar-refractivity contribution in [2.75, 3.05) is 38.7 Å². The number of hydrogen-bond acceptors (Lipinski definition) is 5. The number of hydrogen-bond donors (Lipinski definition) is 2. The molecule has 2 amide bonds. The minimum atomic E-state index is -1.07. The highest BCUT2D eigenvalue weighted by molar-refractivity contribution is 5.89. The lowest BCUT2D eigenvalue weighted by Crippen LogP contribution is -2.49. The van der Waals surface area contributed by atoms with E-state index in [1.54, 1.807) is 18.0 Å². The van der Waals surface area contributed by atoms with Gasteiger partial charge in [-0.2, -0.15) is 5.10 Å². The lowest BCUT2D eigenvalue weighted by Gasteiger charge is -2.30. The summed E-state index contributed by atoms with van der Waals surface area (Å²) in [6.07, 6.45) is 2.24. The fourth-order valence-electron chi connectivity index (χ4n) is 1.92. The van der Waals surface area contributed by atoms with Gasteiger partial charge < -0.3 is 24.8 Å². The molecule has 1 aliphatic heterocycles. The molecular weight excluding hydrogens is 280 g/mol. The summed E-state index contributed by atoms with van der Waals surface area (Å²) >= 11 is 0. The molecule has 2 rings (SSSR count). The van der Waals surface area contributed by atoms with Crippen molar-refractivity contribution in [3.8, 4) is 0 Å². The van der Waals surface area contributed by atoms with Crippen molar-refractivity contribution in [3.05, 3.63) is 12.4 Å². The molecule has 2 heterocycles. The normalized spacial score (nSPS) is 18.5. The van der Waals surface area contributed by atoms with E-state index >= 15 is 0 Å². The summed E-state index contributed by atoms with van der Waals surface area (Å²) in [5.74, 6) is -1.07. The van der Waals surface area contributed by atoms with Gasteiger partial charge in [0.2, 0.25) is 0 Å². The summed E-state index contributed by atoms with van der Waals surface area (Å²) in [5, 5.41) is 15.7. The molecule has 0 saturated carbocycles. The summed E-state index contributed by atoms with van der Waals surface area (Å²) in [6.45, 7) is 1.70. The van der Waals surface area contributed by atoms with Gasteiger partial charge in [0.1, 0.15) is 0 Å². The Bertz CT molecular complexity index is 504. The Morgan fingerprint density at radius 3 is 3.14 bits per heavy atom. The third kappa shape index (κ3) is 4.17. The maximum absolute atomic E-state index is 12.1. The lowest BCUT2D eigenvalue weighted by atomic mass is 10.3. The number of carbonyl (C=O) groups excluding carboxylic acids is 1. The third-order valence-electron chi connectivity index (χ3n) is 3.04. The Labute approximate surface area is 121 Å². The standard InChI is InChI=1S/C12H18N4O5/c1-20-4-3-16-7-9(6-13-16)14-12(19)15-2-5-21-10(8-15)11(17)18/h6-7,10H,2-5,8H2,1H3,(H,14,19)(H,17,18). The number of carbonyl (C=O) groups is 2. The van der Waals surface area contributed by atoms with Gasteiger partial charge in [0.25, 0.3) is 0 Å². The van der Waals surface area contributed by atoms with Gasteiger partial charge in [-0.1, -0.05) is 0 Å². The molecule has 9 nitrogen and oxygen atoms in total. The average Bonchev–Trinajstić information content (AvgIpc) is 2.92. The van der Waals surface area contributed by atoms with Crippen LogP contribution in [0.2, 0.25) is 0 Å². The molecule has 116 valence electrons. The van der Waals surface area contributed by atoms with Gasteiger partial charge in [-0.25, -0.2) is 9.59 Å². The monoisotopic (exact) mass is 298 g/mol. The smallest absolute Gasteiger partial charge is 0.334 e. The number of methoxy groups -OCH3 is 1. The molecule has 0 radical (unpaired) electrons. The SMILES string of the molecule is COCCn1cc(NC(=O)N2CCOC(C(=O)O)C2)cn1. The molecule has 1 aliphatic rings. The highest BCUT2D eigenvalue weighted by Gasteiger charge is 2.29. The van der Waals surface area contributed by atoms with Crippen molar-refractivity contribution in [2.45, 2.75) is 12.6 Å². The number of aromatic nitrogens is 2. The second-order valence-electron chi connectivity index (χ2n) is 4.56. The van der Waals surface area contributed by atoms with E-state index < -0.39 is 12.1 Å². The van der Waals surface area contributed by atoms with Crippen molar-refractivity contribution >= 4 is 17.7 Å². The quantitative estimate of drug-likeness (QED) is 0.783. The van der Waals surface area contributed by atoms with Crippen LogP contribution in [0.5, 0.6) is 0 Å². The van der Waals surface area contributed by atoms with Crippen LogP contribution in [-0.4, -0.2) is 71.3 Å². The zero-order valence-electron chi connectivity index (χ0n) is 11.7. The van der Waals surface area contributed by atoms with Crippen molar-refractivity contribution in [3.63, 3.8) is 0 Å². The van der Waals surface area contributed by atoms with Crippen LogP contribution in [0.3, 0.4) is 0 Å². The molecule has 1 aromatic heterocycles. The topological polar surface area (TPSA) is 106 Å². The van der Waals surface area contributed by atoms with Crippen molar-refractivity contribution in [1.82, 2.24) is 14.7 Å². The molecule has 1 fully saturated rings. The molecule has 0 spiro atoms. The first-order valence-electron chi connectivity index (χ1n) is 6.52. The van der Waals surface area contributed by atoms with Crippen LogP contribution in [0.1, 0.15) is 0 Å². The molecule has 1 atom stereocenters. The zero-order chi connectivity index (χ0) is 15.2. The summed E-state index contributed by atoms with van der Waals surface area (Å²) in [5.41, 5.74) is 0.550. The number of amides is 2. The molecule has 1 aromatic rings. The number of ether oxygens (including phenoxy) is 2. The number of anilines is 1. The van der Waals surface area contributed by atoms with E-state index in [-0.39, 0.29) is 19.2 Å². The Morgan fingerprint density at radius 1 is 1.62 bits per heavy atom. The highest BCUT2D eigenvalue weighted by atomic mass is 16.5. The first-order valence-corrected chi connectivity index (χ1v) is 6.52. The molecule has 2 N–H and O–H groups in total. The Balaban J connectivity index is 1.88. The number of urea groups is 1. The maximum Gasteiger partial charge on any atom is 0.334 e. The van der Waals surface area contributed by atoms with Gasteiger partial charge in [-0.05, 0) is 0 Å². The molecule has 21 heavy (non-hydrogen) atoms. The van der Waals surface area contributed by atoms with Crippen LogP contribution in [0, 0.1) is 0 Å². The van der Waals surface area contributed by atoms with Gasteiger partial charge in [0, 0.05) is 19.9 Å². The molecule has 0 bridgehead atoms. The minimum absolute atomic E-state index is 0.0268. The second kappa shape index (κ2) is 7.04. The van der Waals surface area contributed by atoms with E-state index in [1.807, 2.05) is 0 Å². The van der Waals surface area contributed by atoms with E-state index in [2.05, 4.69) is 10.4 Å². The molecule has 0 aromatic carbocycles. The van der Waals surface area contributed by atoms with Crippen LogP contribution >= 0.6 is 0 Å². The molecule has 1 saturated heterocycles. The highest BCUT2D eigenvalue weighted by Crippen LogP contribution is 2.10. The summed E-state index contributed by atoms with van der Waals surface area (Å²) in [6, 6.07) is -0.365. The van der Waals surface area contributed by atoms with Crippen LogP contribution in [-0.2, 0) is 20.8 Å². The summed E-state index contributed by atoms with van der Waals surface area (Å²) in [4.78, 5) is 24.4. The zero-order valence-corrected chi connectivity index (χ0v) is 11.7. The number of carboxylic acids is 1. The first kappa shape index (κ1) is 15.3. The number of rotatable bonds is 5. The maximum atomic E-state index is 12.1.